The Kier molecular flexibility index (Phi) is 4.50. The number of sulfonamides is 1. The predicted octanol–water partition coefficient (Wildman–Crippen LogP) is 0.744. The van der Waals surface area contributed by atoms with Gasteiger partial charge in [-0.2, -0.15) is 4.31 Å². The van der Waals surface area contributed by atoms with Crippen molar-refractivity contribution in [1.29, 1.82) is 0 Å². The zero-order valence-corrected chi connectivity index (χ0v) is 13.1. The van der Waals surface area contributed by atoms with E-state index in [9.17, 15) is 13.2 Å². The van der Waals surface area contributed by atoms with Crippen molar-refractivity contribution in [3.63, 3.8) is 0 Å². The summed E-state index contributed by atoms with van der Waals surface area (Å²) in [6, 6.07) is 5.05. The SMILES string of the molecule is CCNC(=O)CN(C)S(=O)(=O)c1c(Cl)nc2ccccn12. The lowest BCUT2D eigenvalue weighted by Crippen LogP contribution is -2.38. The smallest absolute Gasteiger partial charge is 0.262 e. The number of hydrogen-bond acceptors (Lipinski definition) is 4. The average Bonchev–Trinajstić information content (AvgIpc) is 2.75. The van der Waals surface area contributed by atoms with Crippen molar-refractivity contribution in [2.24, 2.45) is 0 Å². The fourth-order valence-corrected chi connectivity index (χ4v) is 3.58. The van der Waals surface area contributed by atoms with Crippen molar-refractivity contribution in [3.05, 3.63) is 29.5 Å². The molecule has 0 fully saturated rings. The Morgan fingerprint density at radius 3 is 2.86 bits per heavy atom. The van der Waals surface area contributed by atoms with E-state index >= 15 is 0 Å². The molecule has 0 atom stereocenters. The van der Waals surface area contributed by atoms with Crippen molar-refractivity contribution < 1.29 is 13.2 Å². The van der Waals surface area contributed by atoms with Gasteiger partial charge in [0.15, 0.2) is 10.2 Å². The number of likely N-dealkylation sites (N-methyl/N-ethyl adjacent to an activating group) is 2. The summed E-state index contributed by atoms with van der Waals surface area (Å²) >= 11 is 5.96. The highest BCUT2D eigenvalue weighted by Crippen LogP contribution is 2.24. The normalized spacial score (nSPS) is 12.0. The summed E-state index contributed by atoms with van der Waals surface area (Å²) in [5.74, 6) is -0.381. The molecule has 7 nitrogen and oxygen atoms in total. The molecule has 0 aliphatic carbocycles. The van der Waals surface area contributed by atoms with Crippen LogP contribution in [0.15, 0.2) is 29.4 Å². The summed E-state index contributed by atoms with van der Waals surface area (Å²) < 4.78 is 27.5. The lowest BCUT2D eigenvalue weighted by atomic mass is 10.5. The lowest BCUT2D eigenvalue weighted by Gasteiger charge is -2.16. The van der Waals surface area contributed by atoms with E-state index in [1.165, 1.54) is 11.4 Å². The molecule has 2 rings (SSSR count). The second-order valence-electron chi connectivity index (χ2n) is 4.35. The molecule has 0 radical (unpaired) electrons. The Labute approximate surface area is 127 Å². The molecule has 1 N–H and O–H groups in total. The summed E-state index contributed by atoms with van der Waals surface area (Å²) in [6.45, 7) is 1.91. The van der Waals surface area contributed by atoms with Gasteiger partial charge in [-0.25, -0.2) is 13.4 Å². The van der Waals surface area contributed by atoms with Crippen molar-refractivity contribution in [3.8, 4) is 0 Å². The van der Waals surface area contributed by atoms with Crippen LogP contribution in [0.3, 0.4) is 0 Å². The van der Waals surface area contributed by atoms with Crippen LogP contribution in [0.1, 0.15) is 6.92 Å². The largest absolute Gasteiger partial charge is 0.355 e. The molecular formula is C12H15ClN4O3S. The van der Waals surface area contributed by atoms with Gasteiger partial charge >= 0.3 is 0 Å². The molecule has 0 aromatic carbocycles. The second kappa shape index (κ2) is 6.00. The first kappa shape index (κ1) is 15.7. The minimum Gasteiger partial charge on any atom is -0.355 e. The molecule has 21 heavy (non-hydrogen) atoms. The standard InChI is InChI=1S/C12H15ClN4O3S/c1-3-14-10(18)8-16(2)21(19,20)12-11(13)15-9-6-4-5-7-17(9)12/h4-7H,3,8H2,1-2H3,(H,14,18). The quantitative estimate of drug-likeness (QED) is 0.876. The number of nitrogens with zero attached hydrogens (tertiary/aromatic N) is 3. The van der Waals surface area contributed by atoms with Gasteiger partial charge in [0.05, 0.1) is 6.54 Å². The topological polar surface area (TPSA) is 83.8 Å². The Morgan fingerprint density at radius 1 is 1.48 bits per heavy atom. The molecule has 0 spiro atoms. The van der Waals surface area contributed by atoms with Crippen LogP contribution < -0.4 is 5.32 Å². The molecule has 0 bridgehead atoms. The van der Waals surface area contributed by atoms with E-state index in [1.807, 2.05) is 0 Å². The van der Waals surface area contributed by atoms with Crippen LogP contribution in [0.4, 0.5) is 0 Å². The van der Waals surface area contributed by atoms with Crippen LogP contribution >= 0.6 is 11.6 Å². The van der Waals surface area contributed by atoms with Crippen LogP contribution in [-0.4, -0.2) is 48.2 Å². The summed E-state index contributed by atoms with van der Waals surface area (Å²) in [4.78, 5) is 15.5. The van der Waals surface area contributed by atoms with Gasteiger partial charge in [-0.3, -0.25) is 9.20 Å². The minimum absolute atomic E-state index is 0.121. The summed E-state index contributed by atoms with van der Waals surface area (Å²) in [5.41, 5.74) is 0.424. The first-order valence-corrected chi connectivity index (χ1v) is 8.05. The van der Waals surface area contributed by atoms with Gasteiger partial charge in [0.2, 0.25) is 5.91 Å². The zero-order chi connectivity index (χ0) is 15.6. The number of carbonyl (C=O) groups is 1. The van der Waals surface area contributed by atoms with Crippen molar-refractivity contribution in [1.82, 2.24) is 19.0 Å². The van der Waals surface area contributed by atoms with E-state index in [0.29, 0.717) is 12.2 Å². The van der Waals surface area contributed by atoms with E-state index in [1.54, 1.807) is 31.3 Å². The van der Waals surface area contributed by atoms with E-state index in [4.69, 9.17) is 11.6 Å². The van der Waals surface area contributed by atoms with Crippen LogP contribution in [0.5, 0.6) is 0 Å². The van der Waals surface area contributed by atoms with E-state index in [-0.39, 0.29) is 22.6 Å². The number of imidazole rings is 1. The number of aromatic nitrogens is 2. The molecule has 1 amide bonds. The summed E-state index contributed by atoms with van der Waals surface area (Å²) in [5, 5.41) is 2.28. The summed E-state index contributed by atoms with van der Waals surface area (Å²) in [6.07, 6.45) is 1.56. The highest BCUT2D eigenvalue weighted by molar-refractivity contribution is 7.89. The molecule has 0 aliphatic heterocycles. The molecule has 9 heteroatoms. The molecule has 0 saturated carbocycles. The van der Waals surface area contributed by atoms with Crippen LogP contribution in [0.2, 0.25) is 5.15 Å². The van der Waals surface area contributed by atoms with Gasteiger partial charge in [0, 0.05) is 19.8 Å². The molecule has 2 aromatic rings. The van der Waals surface area contributed by atoms with Crippen LogP contribution in [0, 0.1) is 0 Å². The fourth-order valence-electron chi connectivity index (χ4n) is 1.86. The number of amides is 1. The highest BCUT2D eigenvalue weighted by atomic mass is 35.5. The number of nitrogens with one attached hydrogen (secondary N) is 1. The monoisotopic (exact) mass is 330 g/mol. The number of rotatable bonds is 5. The third-order valence-electron chi connectivity index (χ3n) is 2.84. The Hall–Kier alpha value is -1.64. The fraction of sp³-hybridized carbons (Fsp3) is 0.333. The third kappa shape index (κ3) is 3.02. The first-order chi connectivity index (χ1) is 9.87. The number of hydrogen-bond donors (Lipinski definition) is 1. The first-order valence-electron chi connectivity index (χ1n) is 6.23. The number of carbonyl (C=O) groups excluding carboxylic acids is 1. The maximum absolute atomic E-state index is 12.6. The van der Waals surface area contributed by atoms with Crippen molar-refractivity contribution in [2.45, 2.75) is 11.9 Å². The van der Waals surface area contributed by atoms with E-state index < -0.39 is 10.0 Å². The average molecular weight is 331 g/mol. The van der Waals surface area contributed by atoms with Gasteiger partial charge in [-0.15, -0.1) is 0 Å². The maximum atomic E-state index is 12.6. The van der Waals surface area contributed by atoms with E-state index in [2.05, 4.69) is 10.3 Å². The van der Waals surface area contributed by atoms with Gasteiger partial charge in [0.25, 0.3) is 10.0 Å². The molecule has 0 unspecified atom stereocenters. The van der Waals surface area contributed by atoms with Crippen LogP contribution in [0.25, 0.3) is 5.65 Å². The van der Waals surface area contributed by atoms with Gasteiger partial charge in [-0.05, 0) is 19.1 Å². The van der Waals surface area contributed by atoms with Gasteiger partial charge < -0.3 is 5.32 Å². The van der Waals surface area contributed by atoms with Gasteiger partial charge in [-0.1, -0.05) is 17.7 Å². The molecule has 2 heterocycles. The number of halogens is 1. The number of fused-ring (bicyclic) bond motifs is 1. The number of pyridine rings is 1. The minimum atomic E-state index is -3.93. The maximum Gasteiger partial charge on any atom is 0.262 e. The van der Waals surface area contributed by atoms with Crippen molar-refractivity contribution >= 4 is 33.2 Å². The Morgan fingerprint density at radius 2 is 2.19 bits per heavy atom. The van der Waals surface area contributed by atoms with Crippen LogP contribution in [-0.2, 0) is 14.8 Å². The lowest BCUT2D eigenvalue weighted by molar-refractivity contribution is -0.121. The molecule has 0 saturated heterocycles. The van der Waals surface area contributed by atoms with Crippen molar-refractivity contribution in [2.75, 3.05) is 20.1 Å². The molecule has 0 aliphatic rings. The Bertz CT molecular complexity index is 772. The van der Waals surface area contributed by atoms with Gasteiger partial charge in [0.1, 0.15) is 5.65 Å². The molecule has 2 aromatic heterocycles. The summed E-state index contributed by atoms with van der Waals surface area (Å²) in [7, 11) is -2.60. The third-order valence-corrected chi connectivity index (χ3v) is 5.05. The molecule has 114 valence electrons. The zero-order valence-electron chi connectivity index (χ0n) is 11.6. The second-order valence-corrected chi connectivity index (χ2v) is 6.67. The van der Waals surface area contributed by atoms with E-state index in [0.717, 1.165) is 4.31 Å². The highest BCUT2D eigenvalue weighted by Gasteiger charge is 2.29. The molecular weight excluding hydrogens is 316 g/mol. The Balaban J connectivity index is 2.42. The predicted molar refractivity (Wildman–Crippen MR) is 78.7 cm³/mol.